The number of nitrogens with two attached hydrogens (primary N) is 1. The molecule has 0 aliphatic heterocycles. The quantitative estimate of drug-likeness (QED) is 0.815. The average molecular weight is 222 g/mol. The van der Waals surface area contributed by atoms with Crippen molar-refractivity contribution in [2.75, 3.05) is 6.54 Å². The van der Waals surface area contributed by atoms with E-state index >= 15 is 0 Å². The van der Waals surface area contributed by atoms with Crippen molar-refractivity contribution in [3.8, 4) is 0 Å². The van der Waals surface area contributed by atoms with Gasteiger partial charge < -0.3 is 5.73 Å². The number of rotatable bonds is 2. The molecule has 11 heavy (non-hydrogen) atoms. The molecule has 2 N–H and O–H groups in total. The summed E-state index contributed by atoms with van der Waals surface area (Å²) in [6.45, 7) is -0.0157. The molecular weight excluding hydrogens is 213 g/mol. The third-order valence-corrected chi connectivity index (χ3v) is 2.05. The Balaban J connectivity index is 3.00. The predicted octanol–water partition coefficient (Wildman–Crippen LogP) is 1.15. The second-order valence-corrected chi connectivity index (χ2v) is 3.06. The molecule has 1 aromatic heterocycles. The fourth-order valence-corrected chi connectivity index (χ4v) is 1.48. The molecule has 0 bridgehead atoms. The summed E-state index contributed by atoms with van der Waals surface area (Å²) in [5.74, 6) is 0. The Labute approximate surface area is 72.5 Å². The van der Waals surface area contributed by atoms with Crippen molar-refractivity contribution in [2.45, 2.75) is 6.17 Å². The summed E-state index contributed by atoms with van der Waals surface area (Å²) >= 11 is 3.18. The maximum absolute atomic E-state index is 13.0. The Morgan fingerprint density at radius 1 is 1.91 bits per heavy atom. The van der Waals surface area contributed by atoms with Gasteiger partial charge in [-0.05, 0) is 15.9 Å². The normalized spacial score (nSPS) is 13.5. The molecular formula is C6H9BrFN3. The molecule has 0 aromatic carbocycles. The lowest BCUT2D eigenvalue weighted by Crippen LogP contribution is -2.12. The van der Waals surface area contributed by atoms with Crippen molar-refractivity contribution in [1.29, 1.82) is 0 Å². The highest BCUT2D eigenvalue weighted by molar-refractivity contribution is 9.10. The molecule has 1 aromatic rings. The van der Waals surface area contributed by atoms with Gasteiger partial charge in [-0.15, -0.1) is 0 Å². The third kappa shape index (κ3) is 1.59. The zero-order valence-corrected chi connectivity index (χ0v) is 7.68. The van der Waals surface area contributed by atoms with Gasteiger partial charge in [-0.3, -0.25) is 4.68 Å². The highest BCUT2D eigenvalue weighted by Crippen LogP contribution is 2.23. The van der Waals surface area contributed by atoms with Crippen LogP contribution in [0.15, 0.2) is 10.7 Å². The van der Waals surface area contributed by atoms with Gasteiger partial charge in [0.05, 0.1) is 16.4 Å². The van der Waals surface area contributed by atoms with Crippen LogP contribution in [-0.2, 0) is 7.05 Å². The lowest BCUT2D eigenvalue weighted by atomic mass is 10.3. The molecule has 5 heteroatoms. The lowest BCUT2D eigenvalue weighted by molar-refractivity contribution is 0.332. The number of hydrogen-bond donors (Lipinski definition) is 1. The summed E-state index contributed by atoms with van der Waals surface area (Å²) in [6.07, 6.45) is 0.411. The fraction of sp³-hybridized carbons (Fsp3) is 0.500. The largest absolute Gasteiger partial charge is 0.327 e. The number of aromatic nitrogens is 2. The minimum absolute atomic E-state index is 0.0157. The molecule has 0 aliphatic rings. The first-order chi connectivity index (χ1) is 5.16. The number of alkyl halides is 1. The predicted molar refractivity (Wildman–Crippen MR) is 43.8 cm³/mol. The van der Waals surface area contributed by atoms with Crippen LogP contribution < -0.4 is 5.73 Å². The monoisotopic (exact) mass is 221 g/mol. The maximum Gasteiger partial charge on any atom is 0.155 e. The van der Waals surface area contributed by atoms with E-state index < -0.39 is 6.17 Å². The average Bonchev–Trinajstić information content (AvgIpc) is 2.30. The Morgan fingerprint density at radius 2 is 2.55 bits per heavy atom. The van der Waals surface area contributed by atoms with Gasteiger partial charge in [0.25, 0.3) is 0 Å². The number of aryl methyl sites for hydroxylation is 1. The molecule has 0 saturated carbocycles. The number of nitrogens with zero attached hydrogens (tertiary/aromatic N) is 2. The van der Waals surface area contributed by atoms with E-state index in [2.05, 4.69) is 21.0 Å². The molecule has 3 nitrogen and oxygen atoms in total. The van der Waals surface area contributed by atoms with Crippen LogP contribution in [0.2, 0.25) is 0 Å². The Kier molecular flexibility index (Phi) is 2.62. The Bertz CT molecular complexity index is 228. The molecule has 62 valence electrons. The molecule has 0 fully saturated rings. The summed E-state index contributed by atoms with van der Waals surface area (Å²) in [4.78, 5) is 0. The third-order valence-electron chi connectivity index (χ3n) is 1.44. The summed E-state index contributed by atoms with van der Waals surface area (Å²) in [6, 6.07) is 0. The van der Waals surface area contributed by atoms with Gasteiger partial charge in [-0.25, -0.2) is 4.39 Å². The summed E-state index contributed by atoms with van der Waals surface area (Å²) < 4.78 is 15.1. The van der Waals surface area contributed by atoms with Crippen molar-refractivity contribution < 1.29 is 4.39 Å². The van der Waals surface area contributed by atoms with Gasteiger partial charge in [0, 0.05) is 13.6 Å². The van der Waals surface area contributed by atoms with Gasteiger partial charge in [0.1, 0.15) is 0 Å². The van der Waals surface area contributed by atoms with Crippen molar-refractivity contribution in [3.05, 3.63) is 16.4 Å². The maximum atomic E-state index is 13.0. The van der Waals surface area contributed by atoms with E-state index in [1.54, 1.807) is 13.2 Å². The van der Waals surface area contributed by atoms with E-state index in [1.807, 2.05) is 0 Å². The molecule has 0 saturated heterocycles. The molecule has 1 heterocycles. The van der Waals surface area contributed by atoms with Crippen LogP contribution in [0.3, 0.4) is 0 Å². The van der Waals surface area contributed by atoms with Crippen molar-refractivity contribution >= 4 is 15.9 Å². The van der Waals surface area contributed by atoms with Crippen LogP contribution in [0.5, 0.6) is 0 Å². The van der Waals surface area contributed by atoms with Gasteiger partial charge in [0.15, 0.2) is 6.17 Å². The Hall–Kier alpha value is -0.420. The molecule has 1 rings (SSSR count). The molecule has 1 unspecified atom stereocenters. The fourth-order valence-electron chi connectivity index (χ4n) is 0.884. The molecule has 1 atom stereocenters. The first kappa shape index (κ1) is 8.67. The first-order valence-corrected chi connectivity index (χ1v) is 3.97. The number of hydrogen-bond acceptors (Lipinski definition) is 2. The van der Waals surface area contributed by atoms with Gasteiger partial charge in [-0.1, -0.05) is 0 Å². The van der Waals surface area contributed by atoms with E-state index in [4.69, 9.17) is 5.73 Å². The topological polar surface area (TPSA) is 43.8 Å². The van der Waals surface area contributed by atoms with Crippen LogP contribution in [0.4, 0.5) is 4.39 Å². The van der Waals surface area contributed by atoms with Gasteiger partial charge in [-0.2, -0.15) is 5.10 Å². The standard InChI is InChI=1S/C6H9BrFN3/c1-11-6(5(8)2-9)4(7)3-10-11/h3,5H,2,9H2,1H3. The van der Waals surface area contributed by atoms with Gasteiger partial charge in [0.2, 0.25) is 0 Å². The van der Waals surface area contributed by atoms with E-state index in [-0.39, 0.29) is 6.54 Å². The minimum Gasteiger partial charge on any atom is -0.327 e. The van der Waals surface area contributed by atoms with Crippen LogP contribution in [0, 0.1) is 0 Å². The number of halogens is 2. The van der Waals surface area contributed by atoms with E-state index in [0.717, 1.165) is 0 Å². The molecule has 0 spiro atoms. The molecule has 0 amide bonds. The Morgan fingerprint density at radius 3 is 2.91 bits per heavy atom. The smallest absolute Gasteiger partial charge is 0.155 e. The van der Waals surface area contributed by atoms with Crippen molar-refractivity contribution in [3.63, 3.8) is 0 Å². The van der Waals surface area contributed by atoms with E-state index in [9.17, 15) is 4.39 Å². The highest BCUT2D eigenvalue weighted by Gasteiger charge is 2.15. The van der Waals surface area contributed by atoms with E-state index in [0.29, 0.717) is 10.2 Å². The molecule has 0 radical (unpaired) electrons. The second-order valence-electron chi connectivity index (χ2n) is 2.20. The first-order valence-electron chi connectivity index (χ1n) is 3.18. The van der Waals surface area contributed by atoms with Crippen LogP contribution in [0.1, 0.15) is 11.9 Å². The van der Waals surface area contributed by atoms with Gasteiger partial charge >= 0.3 is 0 Å². The second kappa shape index (κ2) is 3.32. The highest BCUT2D eigenvalue weighted by atomic mass is 79.9. The SMILES string of the molecule is Cn1ncc(Br)c1C(F)CN. The van der Waals surface area contributed by atoms with Crippen LogP contribution in [0.25, 0.3) is 0 Å². The zero-order chi connectivity index (χ0) is 8.43. The van der Waals surface area contributed by atoms with Crippen LogP contribution >= 0.6 is 15.9 Å². The van der Waals surface area contributed by atoms with Crippen LogP contribution in [-0.4, -0.2) is 16.3 Å². The summed E-state index contributed by atoms with van der Waals surface area (Å²) in [5, 5.41) is 3.86. The van der Waals surface area contributed by atoms with Crippen molar-refractivity contribution in [2.24, 2.45) is 12.8 Å². The summed E-state index contributed by atoms with van der Waals surface area (Å²) in [5.41, 5.74) is 5.66. The zero-order valence-electron chi connectivity index (χ0n) is 6.09. The molecule has 0 aliphatic carbocycles. The minimum atomic E-state index is -1.14. The summed E-state index contributed by atoms with van der Waals surface area (Å²) in [7, 11) is 1.68. The van der Waals surface area contributed by atoms with Crippen molar-refractivity contribution in [1.82, 2.24) is 9.78 Å². The van der Waals surface area contributed by atoms with E-state index in [1.165, 1.54) is 4.68 Å². The lowest BCUT2D eigenvalue weighted by Gasteiger charge is -2.05.